The third-order valence-electron chi connectivity index (χ3n) is 9.51. The Kier molecular flexibility index (Phi) is 9.67. The van der Waals surface area contributed by atoms with Crippen LogP contribution in [-0.2, 0) is 19.1 Å². The molecule has 4 fully saturated rings. The maximum absolute atomic E-state index is 14.6. The van der Waals surface area contributed by atoms with Crippen LogP contribution in [0, 0.1) is 17.8 Å². The van der Waals surface area contributed by atoms with Gasteiger partial charge in [-0.1, -0.05) is 51.7 Å². The molecule has 0 aromatic rings. The number of carbonyl (C=O) groups excluding carboxylic acids is 3. The first kappa shape index (κ1) is 29.2. The van der Waals surface area contributed by atoms with Crippen LogP contribution in [0.3, 0.4) is 0 Å². The minimum absolute atomic E-state index is 0.0171. The number of carbonyl (C=O) groups is 3. The number of amides is 2. The summed E-state index contributed by atoms with van der Waals surface area (Å²) in [4.78, 5) is 46.0. The lowest BCUT2D eigenvalue weighted by Gasteiger charge is -2.43. The van der Waals surface area contributed by atoms with Gasteiger partial charge in [-0.05, 0) is 44.4 Å². The highest BCUT2D eigenvalue weighted by Crippen LogP contribution is 2.67. The van der Waals surface area contributed by atoms with Crippen LogP contribution in [0.2, 0.25) is 0 Å². The first-order chi connectivity index (χ1) is 18.4. The van der Waals surface area contributed by atoms with Crippen LogP contribution in [0.4, 0.5) is 0 Å². The lowest BCUT2D eigenvalue weighted by molar-refractivity contribution is -0.155. The molecule has 212 valence electrons. The number of aliphatic hydroxyl groups excluding tert-OH is 1. The van der Waals surface area contributed by atoms with Gasteiger partial charge in [-0.25, -0.2) is 0 Å². The molecule has 0 radical (unpaired) electrons. The molecule has 3 saturated heterocycles. The van der Waals surface area contributed by atoms with Gasteiger partial charge in [0.05, 0.1) is 35.8 Å². The summed E-state index contributed by atoms with van der Waals surface area (Å²) in [5, 5.41) is 10.5. The van der Waals surface area contributed by atoms with E-state index in [9.17, 15) is 19.5 Å². The van der Waals surface area contributed by atoms with Crippen molar-refractivity contribution in [3.05, 3.63) is 25.3 Å². The number of likely N-dealkylation sites (tertiary alicyclic amines) is 1. The van der Waals surface area contributed by atoms with Crippen molar-refractivity contribution in [2.45, 2.75) is 106 Å². The summed E-state index contributed by atoms with van der Waals surface area (Å²) < 4.78 is 5.00. The summed E-state index contributed by atoms with van der Waals surface area (Å²) >= 11 is 1.67. The van der Waals surface area contributed by atoms with E-state index in [1.54, 1.807) is 28.8 Å². The molecular weight excluding hydrogens is 500 g/mol. The number of unbranched alkanes of at least 4 members (excludes halogenated alkanes) is 1. The molecule has 4 rings (SSSR count). The Balaban J connectivity index is 1.72. The molecule has 1 N–H and O–H groups in total. The first-order valence-electron chi connectivity index (χ1n) is 14.7. The second-order valence-corrected chi connectivity index (χ2v) is 13.2. The van der Waals surface area contributed by atoms with Gasteiger partial charge in [0.1, 0.15) is 6.04 Å². The fourth-order valence-corrected chi connectivity index (χ4v) is 9.60. The second kappa shape index (κ2) is 12.6. The zero-order valence-corrected chi connectivity index (χ0v) is 24.0. The van der Waals surface area contributed by atoms with E-state index < -0.39 is 28.7 Å². The van der Waals surface area contributed by atoms with Gasteiger partial charge in [-0.3, -0.25) is 14.4 Å². The maximum Gasteiger partial charge on any atom is 0.310 e. The Bertz CT molecular complexity index is 905. The molecule has 0 aromatic carbocycles. The Morgan fingerprint density at radius 2 is 1.97 bits per heavy atom. The van der Waals surface area contributed by atoms with Gasteiger partial charge in [-0.2, -0.15) is 0 Å². The third-order valence-corrected chi connectivity index (χ3v) is 11.5. The number of rotatable bonds is 13. The van der Waals surface area contributed by atoms with Gasteiger partial charge in [0.15, 0.2) is 0 Å². The van der Waals surface area contributed by atoms with Crippen LogP contribution in [-0.4, -0.2) is 80.6 Å². The Labute approximate surface area is 232 Å². The van der Waals surface area contributed by atoms with E-state index in [0.717, 1.165) is 51.4 Å². The minimum atomic E-state index is -0.693. The van der Waals surface area contributed by atoms with E-state index in [4.69, 9.17) is 4.74 Å². The topological polar surface area (TPSA) is 87.2 Å². The van der Waals surface area contributed by atoms with E-state index in [0.29, 0.717) is 19.6 Å². The summed E-state index contributed by atoms with van der Waals surface area (Å²) in [5.41, 5.74) is 0. The van der Waals surface area contributed by atoms with Crippen LogP contribution >= 0.6 is 11.8 Å². The van der Waals surface area contributed by atoms with Crippen molar-refractivity contribution >= 4 is 29.5 Å². The van der Waals surface area contributed by atoms with Crippen molar-refractivity contribution in [2.24, 2.45) is 17.8 Å². The molecule has 7 atom stereocenters. The molecule has 1 aliphatic carbocycles. The smallest absolute Gasteiger partial charge is 0.310 e. The van der Waals surface area contributed by atoms with E-state index >= 15 is 0 Å². The normalized spacial score (nSPS) is 32.1. The molecule has 4 aliphatic rings. The van der Waals surface area contributed by atoms with E-state index in [1.807, 2.05) is 18.7 Å². The van der Waals surface area contributed by atoms with Crippen molar-refractivity contribution in [3.63, 3.8) is 0 Å². The Morgan fingerprint density at radius 1 is 1.24 bits per heavy atom. The van der Waals surface area contributed by atoms with E-state index in [-0.39, 0.29) is 41.6 Å². The Morgan fingerprint density at radius 3 is 2.61 bits per heavy atom. The fraction of sp³-hybridized carbons (Fsp3) is 0.767. The number of thioether (sulfide) groups is 1. The molecule has 7 nitrogen and oxygen atoms in total. The largest absolute Gasteiger partial charge is 0.465 e. The van der Waals surface area contributed by atoms with Crippen LogP contribution < -0.4 is 0 Å². The molecular formula is C30H46N2O5S. The molecule has 1 saturated carbocycles. The quantitative estimate of drug-likeness (QED) is 0.210. The number of nitrogens with zero attached hydrogens (tertiary/aromatic N) is 2. The van der Waals surface area contributed by atoms with Gasteiger partial charge in [0, 0.05) is 17.8 Å². The van der Waals surface area contributed by atoms with Crippen molar-refractivity contribution in [1.82, 2.24) is 9.80 Å². The molecule has 2 unspecified atom stereocenters. The molecule has 8 heteroatoms. The van der Waals surface area contributed by atoms with Crippen molar-refractivity contribution in [1.29, 1.82) is 0 Å². The van der Waals surface area contributed by atoms with Gasteiger partial charge >= 0.3 is 5.97 Å². The van der Waals surface area contributed by atoms with Crippen LogP contribution in [0.1, 0.15) is 78.1 Å². The van der Waals surface area contributed by atoms with Gasteiger partial charge in [0.25, 0.3) is 0 Å². The molecule has 2 bridgehead atoms. The highest BCUT2D eigenvalue weighted by Gasteiger charge is 2.75. The predicted octanol–water partition coefficient (Wildman–Crippen LogP) is 4.34. The van der Waals surface area contributed by atoms with Gasteiger partial charge in [-0.15, -0.1) is 24.9 Å². The number of allylic oxidation sites excluding steroid dienone is 1. The summed E-state index contributed by atoms with van der Waals surface area (Å²) in [5.74, 6) is -1.65. The van der Waals surface area contributed by atoms with Crippen molar-refractivity contribution < 1.29 is 24.2 Å². The molecule has 3 aliphatic heterocycles. The standard InChI is InChI=1S/C30H46N2O5S/c1-5-8-12-18-37-29(36)24-23-15-16-30(38-23)25(24)27(34)32(22(19-33)20(4)7-3)26(30)28(35)31(17-6-2)21-13-10-9-11-14-21/h5-6,20-26,33H,1-2,7-19H2,3-4H3/t20-,22-,23-,24+,25-,26?,30?/m0/s1. The highest BCUT2D eigenvalue weighted by molar-refractivity contribution is 8.02. The number of hydrogen-bond acceptors (Lipinski definition) is 6. The van der Waals surface area contributed by atoms with E-state index in [1.165, 1.54) is 6.42 Å². The fourth-order valence-electron chi connectivity index (χ4n) is 7.41. The third kappa shape index (κ3) is 5.07. The van der Waals surface area contributed by atoms with Crippen LogP contribution in [0.25, 0.3) is 0 Å². The molecule has 2 amide bonds. The van der Waals surface area contributed by atoms with Crippen molar-refractivity contribution in [3.8, 4) is 0 Å². The number of ether oxygens (including phenoxy) is 1. The molecule has 3 heterocycles. The number of hydrogen-bond donors (Lipinski definition) is 1. The van der Waals surface area contributed by atoms with Crippen LogP contribution in [0.15, 0.2) is 25.3 Å². The average molecular weight is 547 g/mol. The first-order valence-corrected chi connectivity index (χ1v) is 15.5. The number of fused-ring (bicyclic) bond motifs is 1. The molecule has 0 aromatic heterocycles. The summed E-state index contributed by atoms with van der Waals surface area (Å²) in [6.07, 6.45) is 12.6. The molecule has 38 heavy (non-hydrogen) atoms. The number of aliphatic hydroxyl groups is 1. The lowest BCUT2D eigenvalue weighted by Crippen LogP contribution is -2.60. The average Bonchev–Trinajstić information content (AvgIpc) is 3.58. The zero-order chi connectivity index (χ0) is 27.4. The predicted molar refractivity (Wildman–Crippen MR) is 150 cm³/mol. The minimum Gasteiger partial charge on any atom is -0.465 e. The summed E-state index contributed by atoms with van der Waals surface area (Å²) in [6.45, 7) is 12.3. The SMILES string of the molecule is C=CCCCOC(=O)[C@@H]1[C@@H]2CCC3(S2)C(C(=O)N(CC=C)C2CCCCC2)N([C@@H](CO)[C@@H](C)CC)C(=O)[C@H]13. The van der Waals surface area contributed by atoms with E-state index in [2.05, 4.69) is 13.2 Å². The van der Waals surface area contributed by atoms with Crippen molar-refractivity contribution in [2.75, 3.05) is 19.8 Å². The molecule has 1 spiro atoms. The zero-order valence-electron chi connectivity index (χ0n) is 23.2. The highest BCUT2D eigenvalue weighted by atomic mass is 32.2. The van der Waals surface area contributed by atoms with Gasteiger partial charge < -0.3 is 19.6 Å². The monoisotopic (exact) mass is 546 g/mol. The maximum atomic E-state index is 14.6. The lowest BCUT2D eigenvalue weighted by atomic mass is 9.71. The summed E-state index contributed by atoms with van der Waals surface area (Å²) in [6, 6.07) is -1.03. The number of esters is 1. The Hall–Kier alpha value is -1.80. The second-order valence-electron chi connectivity index (χ2n) is 11.6. The van der Waals surface area contributed by atoms with Crippen LogP contribution in [0.5, 0.6) is 0 Å². The van der Waals surface area contributed by atoms with Gasteiger partial charge in [0.2, 0.25) is 11.8 Å². The summed E-state index contributed by atoms with van der Waals surface area (Å²) in [7, 11) is 0.